The minimum absolute atomic E-state index is 0.104. The second kappa shape index (κ2) is 5.67. The largest absolute Gasteiger partial charge is 0.481 e. The average molecular weight is 258 g/mol. The van der Waals surface area contributed by atoms with Crippen molar-refractivity contribution < 1.29 is 19.4 Å². The number of carbonyl (C=O) groups excluding carboxylic acids is 1. The molecule has 0 aromatic rings. The fourth-order valence-corrected chi connectivity index (χ4v) is 1.98. The summed E-state index contributed by atoms with van der Waals surface area (Å²) in [5.74, 6) is -0.967. The van der Waals surface area contributed by atoms with Gasteiger partial charge in [0.25, 0.3) is 0 Å². The van der Waals surface area contributed by atoms with Gasteiger partial charge in [0.15, 0.2) is 0 Å². The number of carboxylic acid groups (broad SMARTS) is 1. The van der Waals surface area contributed by atoms with Crippen LogP contribution in [-0.4, -0.2) is 42.3 Å². The molecule has 6 heteroatoms. The van der Waals surface area contributed by atoms with E-state index < -0.39 is 23.5 Å². The standard InChI is InChI=1S/C12H22N2O4/c1-7(2)4-8(13)10(15)14-9-5-18-6-12(9,3)11(16)17/h7-9H,4-6,13H2,1-3H3,(H,14,15)(H,16,17)/t8-,9?,12?/m0/s1. The molecule has 0 aromatic carbocycles. The summed E-state index contributed by atoms with van der Waals surface area (Å²) in [4.78, 5) is 23.1. The van der Waals surface area contributed by atoms with E-state index in [0.29, 0.717) is 12.3 Å². The molecule has 1 amide bonds. The van der Waals surface area contributed by atoms with Crippen LogP contribution in [0.2, 0.25) is 0 Å². The van der Waals surface area contributed by atoms with Crippen LogP contribution in [0.4, 0.5) is 0 Å². The lowest BCUT2D eigenvalue weighted by molar-refractivity contribution is -0.149. The molecule has 1 rings (SSSR count). The number of carbonyl (C=O) groups is 2. The van der Waals surface area contributed by atoms with Crippen molar-refractivity contribution in [2.24, 2.45) is 17.1 Å². The molecule has 1 heterocycles. The number of carboxylic acids is 1. The summed E-state index contributed by atoms with van der Waals surface area (Å²) < 4.78 is 5.16. The molecule has 1 saturated heterocycles. The molecule has 0 saturated carbocycles. The quantitative estimate of drug-likeness (QED) is 0.642. The van der Waals surface area contributed by atoms with Gasteiger partial charge in [-0.3, -0.25) is 9.59 Å². The summed E-state index contributed by atoms with van der Waals surface area (Å²) in [7, 11) is 0. The Labute approximate surface area is 107 Å². The lowest BCUT2D eigenvalue weighted by Gasteiger charge is -2.26. The maximum absolute atomic E-state index is 11.9. The molecule has 3 atom stereocenters. The zero-order valence-electron chi connectivity index (χ0n) is 11.1. The molecule has 6 nitrogen and oxygen atoms in total. The minimum Gasteiger partial charge on any atom is -0.481 e. The summed E-state index contributed by atoms with van der Waals surface area (Å²) in [5, 5.41) is 11.9. The first-order chi connectivity index (χ1) is 8.27. The van der Waals surface area contributed by atoms with E-state index in [9.17, 15) is 14.7 Å². The van der Waals surface area contributed by atoms with Gasteiger partial charge in [-0.1, -0.05) is 13.8 Å². The molecular formula is C12H22N2O4. The average Bonchev–Trinajstić information content (AvgIpc) is 2.60. The van der Waals surface area contributed by atoms with E-state index in [1.807, 2.05) is 13.8 Å². The normalized spacial score (nSPS) is 29.3. The highest BCUT2D eigenvalue weighted by Crippen LogP contribution is 2.28. The maximum Gasteiger partial charge on any atom is 0.313 e. The van der Waals surface area contributed by atoms with Gasteiger partial charge in [-0.25, -0.2) is 0 Å². The van der Waals surface area contributed by atoms with Crippen LogP contribution < -0.4 is 11.1 Å². The van der Waals surface area contributed by atoms with Gasteiger partial charge < -0.3 is 20.9 Å². The van der Waals surface area contributed by atoms with Crippen molar-refractivity contribution in [3.05, 3.63) is 0 Å². The number of hydrogen-bond donors (Lipinski definition) is 3. The van der Waals surface area contributed by atoms with E-state index in [2.05, 4.69) is 5.32 Å². The summed E-state index contributed by atoms with van der Waals surface area (Å²) in [6, 6.07) is -1.13. The first-order valence-corrected chi connectivity index (χ1v) is 6.14. The van der Waals surface area contributed by atoms with Gasteiger partial charge in [0.2, 0.25) is 5.91 Å². The predicted octanol–water partition coefficient (Wildman–Crippen LogP) is -0.0343. The Morgan fingerprint density at radius 1 is 1.56 bits per heavy atom. The Bertz CT molecular complexity index is 332. The fourth-order valence-electron chi connectivity index (χ4n) is 1.98. The van der Waals surface area contributed by atoms with Crippen LogP contribution in [-0.2, 0) is 14.3 Å². The molecule has 1 fully saturated rings. The maximum atomic E-state index is 11.9. The van der Waals surface area contributed by atoms with E-state index in [-0.39, 0.29) is 19.1 Å². The monoisotopic (exact) mass is 258 g/mol. The fraction of sp³-hybridized carbons (Fsp3) is 0.833. The summed E-state index contributed by atoms with van der Waals surface area (Å²) in [5.41, 5.74) is 4.68. The zero-order valence-corrected chi connectivity index (χ0v) is 11.1. The van der Waals surface area contributed by atoms with Crippen LogP contribution in [0.3, 0.4) is 0 Å². The molecule has 0 spiro atoms. The van der Waals surface area contributed by atoms with E-state index >= 15 is 0 Å². The van der Waals surface area contributed by atoms with Crippen LogP contribution >= 0.6 is 0 Å². The zero-order chi connectivity index (χ0) is 13.9. The molecule has 1 aliphatic heterocycles. The predicted molar refractivity (Wildman–Crippen MR) is 65.9 cm³/mol. The van der Waals surface area contributed by atoms with Gasteiger partial charge in [0.1, 0.15) is 5.41 Å². The highest BCUT2D eigenvalue weighted by molar-refractivity contribution is 5.83. The Hall–Kier alpha value is -1.14. The van der Waals surface area contributed by atoms with Crippen molar-refractivity contribution in [2.75, 3.05) is 13.2 Å². The van der Waals surface area contributed by atoms with Gasteiger partial charge in [0.05, 0.1) is 25.3 Å². The number of nitrogens with one attached hydrogen (secondary N) is 1. The number of ether oxygens (including phenoxy) is 1. The van der Waals surface area contributed by atoms with E-state index in [0.717, 1.165) is 0 Å². The highest BCUT2D eigenvalue weighted by atomic mass is 16.5. The second-order valence-corrected chi connectivity index (χ2v) is 5.53. The van der Waals surface area contributed by atoms with Gasteiger partial charge >= 0.3 is 5.97 Å². The van der Waals surface area contributed by atoms with Crippen LogP contribution in [0.1, 0.15) is 27.2 Å². The van der Waals surface area contributed by atoms with Gasteiger partial charge in [-0.2, -0.15) is 0 Å². The Morgan fingerprint density at radius 3 is 2.67 bits per heavy atom. The lowest BCUT2D eigenvalue weighted by Crippen LogP contribution is -2.53. The van der Waals surface area contributed by atoms with Crippen molar-refractivity contribution in [3.8, 4) is 0 Å². The lowest BCUT2D eigenvalue weighted by atomic mass is 9.85. The smallest absolute Gasteiger partial charge is 0.313 e. The molecule has 0 aliphatic carbocycles. The molecule has 4 N–H and O–H groups in total. The molecule has 2 unspecified atom stereocenters. The van der Waals surface area contributed by atoms with Crippen LogP contribution in [0.25, 0.3) is 0 Å². The Balaban J connectivity index is 2.61. The van der Waals surface area contributed by atoms with E-state index in [4.69, 9.17) is 10.5 Å². The molecule has 18 heavy (non-hydrogen) atoms. The number of amides is 1. The number of nitrogens with two attached hydrogens (primary N) is 1. The molecular weight excluding hydrogens is 236 g/mol. The Kier molecular flexibility index (Phi) is 4.70. The summed E-state index contributed by atoms with van der Waals surface area (Å²) in [6.07, 6.45) is 0.573. The van der Waals surface area contributed by atoms with Crippen molar-refractivity contribution in [2.45, 2.75) is 39.3 Å². The number of aliphatic carboxylic acids is 1. The second-order valence-electron chi connectivity index (χ2n) is 5.53. The first kappa shape index (κ1) is 14.9. The van der Waals surface area contributed by atoms with Crippen molar-refractivity contribution in [1.82, 2.24) is 5.32 Å². The molecule has 0 radical (unpaired) electrons. The third-order valence-electron chi connectivity index (χ3n) is 3.32. The van der Waals surface area contributed by atoms with Crippen LogP contribution in [0.5, 0.6) is 0 Å². The van der Waals surface area contributed by atoms with Crippen LogP contribution in [0.15, 0.2) is 0 Å². The topological polar surface area (TPSA) is 102 Å². The van der Waals surface area contributed by atoms with E-state index in [1.165, 1.54) is 0 Å². The molecule has 0 aromatic heterocycles. The van der Waals surface area contributed by atoms with Crippen LogP contribution in [0, 0.1) is 11.3 Å². The van der Waals surface area contributed by atoms with Gasteiger partial charge in [0, 0.05) is 0 Å². The molecule has 0 bridgehead atoms. The minimum atomic E-state index is -1.08. The highest BCUT2D eigenvalue weighted by Gasteiger charge is 2.47. The van der Waals surface area contributed by atoms with Crippen molar-refractivity contribution in [1.29, 1.82) is 0 Å². The first-order valence-electron chi connectivity index (χ1n) is 6.14. The van der Waals surface area contributed by atoms with Gasteiger partial charge in [-0.15, -0.1) is 0 Å². The van der Waals surface area contributed by atoms with Crippen molar-refractivity contribution in [3.63, 3.8) is 0 Å². The third kappa shape index (κ3) is 3.20. The van der Waals surface area contributed by atoms with E-state index in [1.54, 1.807) is 6.92 Å². The Morgan fingerprint density at radius 2 is 2.17 bits per heavy atom. The molecule has 104 valence electrons. The van der Waals surface area contributed by atoms with Gasteiger partial charge in [-0.05, 0) is 19.3 Å². The SMILES string of the molecule is CC(C)C[C@H](N)C(=O)NC1COCC1(C)C(=O)O. The van der Waals surface area contributed by atoms with Crippen molar-refractivity contribution >= 4 is 11.9 Å². The molecule has 1 aliphatic rings. The number of rotatable bonds is 5. The third-order valence-corrected chi connectivity index (χ3v) is 3.32. The summed E-state index contributed by atoms with van der Waals surface area (Å²) in [6.45, 7) is 5.84. The number of hydrogen-bond acceptors (Lipinski definition) is 4. The summed E-state index contributed by atoms with van der Waals surface area (Å²) >= 11 is 0.